The van der Waals surface area contributed by atoms with Crippen molar-refractivity contribution < 1.29 is 4.79 Å². The van der Waals surface area contributed by atoms with Gasteiger partial charge in [-0.1, -0.05) is 60.2 Å². The molecule has 5 heteroatoms. The summed E-state index contributed by atoms with van der Waals surface area (Å²) >= 11 is 0. The minimum absolute atomic E-state index is 0.282. The van der Waals surface area contributed by atoms with Crippen LogP contribution in [0.5, 0.6) is 0 Å². The van der Waals surface area contributed by atoms with Crippen molar-refractivity contribution in [2.45, 2.75) is 33.1 Å². The van der Waals surface area contributed by atoms with E-state index in [0.29, 0.717) is 5.91 Å². The summed E-state index contributed by atoms with van der Waals surface area (Å²) in [6, 6.07) is 18.9. The van der Waals surface area contributed by atoms with Crippen molar-refractivity contribution >= 4 is 11.7 Å². The number of rotatable bonds is 5. The van der Waals surface area contributed by atoms with E-state index < -0.39 is 0 Å². The van der Waals surface area contributed by atoms with Crippen molar-refractivity contribution in [3.05, 3.63) is 77.0 Å². The summed E-state index contributed by atoms with van der Waals surface area (Å²) < 4.78 is 0. The second-order valence-corrected chi connectivity index (χ2v) is 9.05. The summed E-state index contributed by atoms with van der Waals surface area (Å²) in [4.78, 5) is 26.9. The second kappa shape index (κ2) is 8.73. The Morgan fingerprint density at radius 1 is 0.906 bits per heavy atom. The van der Waals surface area contributed by atoms with Gasteiger partial charge < -0.3 is 9.80 Å². The third-order valence-electron chi connectivity index (χ3n) is 6.54. The molecule has 2 aliphatic rings. The maximum absolute atomic E-state index is 12.5. The molecule has 5 nitrogen and oxygen atoms in total. The first-order valence-electron chi connectivity index (χ1n) is 11.6. The summed E-state index contributed by atoms with van der Waals surface area (Å²) in [7, 11) is 0. The molecule has 1 aliphatic carbocycles. The van der Waals surface area contributed by atoms with Gasteiger partial charge in [0.2, 0.25) is 5.91 Å². The summed E-state index contributed by atoms with van der Waals surface area (Å²) in [5, 5.41) is 0. The predicted molar refractivity (Wildman–Crippen MR) is 128 cm³/mol. The van der Waals surface area contributed by atoms with Gasteiger partial charge in [-0.2, -0.15) is 0 Å². The van der Waals surface area contributed by atoms with E-state index in [0.717, 1.165) is 68.3 Å². The summed E-state index contributed by atoms with van der Waals surface area (Å²) in [5.74, 6) is 2.40. The third-order valence-corrected chi connectivity index (χ3v) is 6.54. The number of nitrogens with zero attached hydrogens (tertiary/aromatic N) is 4. The maximum Gasteiger partial charge on any atom is 0.225 e. The van der Waals surface area contributed by atoms with Crippen LogP contribution in [0.15, 0.2) is 54.6 Å². The van der Waals surface area contributed by atoms with Crippen molar-refractivity contribution in [2.75, 3.05) is 31.1 Å². The second-order valence-electron chi connectivity index (χ2n) is 9.05. The first kappa shape index (κ1) is 20.7. The Bertz CT molecular complexity index is 1100. The quantitative estimate of drug-likeness (QED) is 0.606. The number of carbonyl (C=O) groups excluding carboxylic acids is 1. The number of aryl methyl sites for hydroxylation is 2. The molecule has 2 aromatic carbocycles. The minimum Gasteiger partial charge on any atom is -0.353 e. The number of aromatic nitrogens is 2. The van der Waals surface area contributed by atoms with Gasteiger partial charge in [0.05, 0.1) is 0 Å². The lowest BCUT2D eigenvalue weighted by Gasteiger charge is -2.36. The van der Waals surface area contributed by atoms with Gasteiger partial charge in [0, 0.05) is 55.3 Å². The van der Waals surface area contributed by atoms with Gasteiger partial charge in [-0.3, -0.25) is 4.79 Å². The zero-order valence-corrected chi connectivity index (χ0v) is 18.9. The fraction of sp³-hybridized carbons (Fsp3) is 0.370. The van der Waals surface area contributed by atoms with E-state index in [1.807, 2.05) is 11.0 Å². The van der Waals surface area contributed by atoms with Crippen LogP contribution in [-0.2, 0) is 11.2 Å². The van der Waals surface area contributed by atoms with Crippen molar-refractivity contribution in [1.29, 1.82) is 0 Å². The number of hydrogen-bond acceptors (Lipinski definition) is 4. The summed E-state index contributed by atoms with van der Waals surface area (Å²) in [6.07, 6.45) is 2.92. The average Bonchev–Trinajstić information content (AvgIpc) is 3.67. The van der Waals surface area contributed by atoms with Crippen molar-refractivity contribution in [3.63, 3.8) is 0 Å². The molecule has 0 N–H and O–H groups in total. The molecule has 0 radical (unpaired) electrons. The fourth-order valence-electron chi connectivity index (χ4n) is 4.41. The molecule has 1 aliphatic heterocycles. The zero-order valence-electron chi connectivity index (χ0n) is 18.9. The van der Waals surface area contributed by atoms with Crippen LogP contribution in [0.2, 0.25) is 0 Å². The highest BCUT2D eigenvalue weighted by atomic mass is 16.2. The molecule has 2 heterocycles. The smallest absolute Gasteiger partial charge is 0.225 e. The van der Waals surface area contributed by atoms with Gasteiger partial charge in [-0.25, -0.2) is 9.97 Å². The Labute approximate surface area is 190 Å². The van der Waals surface area contributed by atoms with E-state index in [-0.39, 0.29) is 5.92 Å². The molecule has 32 heavy (non-hydrogen) atoms. The molecule has 1 amide bonds. The van der Waals surface area contributed by atoms with Crippen LogP contribution in [0, 0.1) is 19.8 Å². The van der Waals surface area contributed by atoms with Crippen LogP contribution in [0.25, 0.3) is 11.4 Å². The van der Waals surface area contributed by atoms with Crippen LogP contribution in [-0.4, -0.2) is 47.0 Å². The first-order chi connectivity index (χ1) is 15.6. The number of anilines is 1. The number of benzene rings is 2. The van der Waals surface area contributed by atoms with E-state index in [1.165, 1.54) is 16.7 Å². The Balaban J connectivity index is 1.47. The molecular weight excluding hydrogens is 396 g/mol. The summed E-state index contributed by atoms with van der Waals surface area (Å²) in [5.41, 5.74) is 5.71. The van der Waals surface area contributed by atoms with E-state index >= 15 is 0 Å². The zero-order chi connectivity index (χ0) is 22.1. The molecule has 0 unspecified atom stereocenters. The maximum atomic E-state index is 12.5. The van der Waals surface area contributed by atoms with Crippen molar-refractivity contribution in [3.8, 4) is 11.4 Å². The van der Waals surface area contributed by atoms with Crippen LogP contribution < -0.4 is 4.90 Å². The molecule has 0 bridgehead atoms. The molecule has 1 aromatic heterocycles. The first-order valence-corrected chi connectivity index (χ1v) is 11.6. The number of carbonyl (C=O) groups is 1. The van der Waals surface area contributed by atoms with Gasteiger partial charge in [-0.05, 0) is 32.3 Å². The lowest BCUT2D eigenvalue weighted by molar-refractivity contribution is -0.132. The molecule has 0 atom stereocenters. The molecular formula is C27H30N4O. The number of piperazine rings is 1. The highest BCUT2D eigenvalue weighted by Crippen LogP contribution is 2.32. The van der Waals surface area contributed by atoms with E-state index in [4.69, 9.17) is 9.97 Å². The largest absolute Gasteiger partial charge is 0.353 e. The topological polar surface area (TPSA) is 49.3 Å². The lowest BCUT2D eigenvalue weighted by atomic mass is 10.0. The Hall–Kier alpha value is -3.21. The third kappa shape index (κ3) is 4.38. The van der Waals surface area contributed by atoms with Crippen LogP contribution in [0.4, 0.5) is 5.82 Å². The van der Waals surface area contributed by atoms with E-state index in [2.05, 4.69) is 67.3 Å². The van der Waals surface area contributed by atoms with E-state index in [1.54, 1.807) is 0 Å². The lowest BCUT2D eigenvalue weighted by Crippen LogP contribution is -2.49. The van der Waals surface area contributed by atoms with E-state index in [9.17, 15) is 4.79 Å². The normalized spacial score (nSPS) is 16.3. The molecule has 1 saturated carbocycles. The van der Waals surface area contributed by atoms with Crippen LogP contribution in [0.3, 0.4) is 0 Å². The van der Waals surface area contributed by atoms with Gasteiger partial charge in [0.1, 0.15) is 5.82 Å². The molecule has 1 saturated heterocycles. The number of amides is 1. The molecule has 5 rings (SSSR count). The molecule has 2 fully saturated rings. The van der Waals surface area contributed by atoms with Crippen LogP contribution in [0.1, 0.15) is 35.2 Å². The average molecular weight is 427 g/mol. The number of hydrogen-bond donors (Lipinski definition) is 0. The molecule has 0 spiro atoms. The standard InChI is InChI=1S/C27H30N4O/c1-19-8-10-22(11-9-19)25-28-20(2)24(18-21-6-4-3-5-7-21)26(29-25)30-14-16-31(17-15-30)27(32)23-12-13-23/h3-11,23H,12-18H2,1-2H3. The Morgan fingerprint density at radius 2 is 1.59 bits per heavy atom. The SMILES string of the molecule is Cc1ccc(-c2nc(C)c(Cc3ccccc3)c(N3CCN(C(=O)C4CC4)CC3)n2)cc1. The van der Waals surface area contributed by atoms with Crippen molar-refractivity contribution in [2.24, 2.45) is 5.92 Å². The van der Waals surface area contributed by atoms with Crippen molar-refractivity contribution in [1.82, 2.24) is 14.9 Å². The fourth-order valence-corrected chi connectivity index (χ4v) is 4.41. The van der Waals surface area contributed by atoms with Gasteiger partial charge in [-0.15, -0.1) is 0 Å². The minimum atomic E-state index is 0.282. The van der Waals surface area contributed by atoms with Gasteiger partial charge in [0.15, 0.2) is 5.82 Å². The van der Waals surface area contributed by atoms with Gasteiger partial charge >= 0.3 is 0 Å². The molecule has 164 valence electrons. The summed E-state index contributed by atoms with van der Waals surface area (Å²) in [6.45, 7) is 7.33. The van der Waals surface area contributed by atoms with Gasteiger partial charge in [0.25, 0.3) is 0 Å². The Kier molecular flexibility index (Phi) is 5.64. The van der Waals surface area contributed by atoms with Crippen LogP contribution >= 0.6 is 0 Å². The highest BCUT2D eigenvalue weighted by molar-refractivity contribution is 5.81. The Morgan fingerprint density at radius 3 is 2.25 bits per heavy atom. The predicted octanol–water partition coefficient (Wildman–Crippen LogP) is 4.41. The highest BCUT2D eigenvalue weighted by Gasteiger charge is 2.35. The molecule has 3 aromatic rings. The monoisotopic (exact) mass is 426 g/mol.